The highest BCUT2D eigenvalue weighted by atomic mass is 16.3. The van der Waals surface area contributed by atoms with E-state index in [1.807, 2.05) is 0 Å². The average molecular weight is 235 g/mol. The second kappa shape index (κ2) is 5.41. The summed E-state index contributed by atoms with van der Waals surface area (Å²) in [5.74, 6) is 0.275. The third-order valence-corrected chi connectivity index (χ3v) is 3.57. The summed E-state index contributed by atoms with van der Waals surface area (Å²) in [6.07, 6.45) is 6.39. The molecule has 1 fully saturated rings. The number of hydrogen-bond donors (Lipinski definition) is 3. The standard InChI is InChI=1S/C14H21NO2/c1-10(15-11-5-3-2-4-6-11)13-8-7-12(16)9-14(13)17/h7-11,15-17H,2-6H2,1H3/t10-/m1/s1. The second-order valence-corrected chi connectivity index (χ2v) is 4.97. The molecule has 1 aromatic rings. The first-order valence-electron chi connectivity index (χ1n) is 6.45. The maximum absolute atomic E-state index is 9.79. The van der Waals surface area contributed by atoms with E-state index in [0.29, 0.717) is 6.04 Å². The molecular weight excluding hydrogens is 214 g/mol. The number of hydrogen-bond acceptors (Lipinski definition) is 3. The molecule has 1 aromatic carbocycles. The Morgan fingerprint density at radius 2 is 1.88 bits per heavy atom. The van der Waals surface area contributed by atoms with Crippen molar-refractivity contribution < 1.29 is 10.2 Å². The van der Waals surface area contributed by atoms with Gasteiger partial charge in [0.2, 0.25) is 0 Å². The van der Waals surface area contributed by atoms with Crippen LogP contribution in [-0.4, -0.2) is 16.3 Å². The van der Waals surface area contributed by atoms with Crippen LogP contribution in [0.25, 0.3) is 0 Å². The molecule has 0 spiro atoms. The van der Waals surface area contributed by atoms with Gasteiger partial charge in [0.05, 0.1) is 0 Å². The van der Waals surface area contributed by atoms with Gasteiger partial charge in [-0.25, -0.2) is 0 Å². The molecule has 0 heterocycles. The molecule has 0 aliphatic heterocycles. The molecule has 0 unspecified atom stereocenters. The minimum atomic E-state index is 0.108. The smallest absolute Gasteiger partial charge is 0.124 e. The summed E-state index contributed by atoms with van der Waals surface area (Å²) in [5, 5.41) is 22.6. The Morgan fingerprint density at radius 1 is 1.18 bits per heavy atom. The molecule has 2 rings (SSSR count). The molecule has 17 heavy (non-hydrogen) atoms. The van der Waals surface area contributed by atoms with Crippen molar-refractivity contribution in [3.63, 3.8) is 0 Å². The molecule has 94 valence electrons. The summed E-state index contributed by atoms with van der Waals surface area (Å²) in [6.45, 7) is 2.06. The summed E-state index contributed by atoms with van der Waals surface area (Å²) < 4.78 is 0. The quantitative estimate of drug-likeness (QED) is 0.754. The maximum Gasteiger partial charge on any atom is 0.124 e. The predicted molar refractivity (Wildman–Crippen MR) is 68.2 cm³/mol. The third kappa shape index (κ3) is 3.13. The van der Waals surface area contributed by atoms with E-state index in [9.17, 15) is 10.2 Å². The average Bonchev–Trinajstić information content (AvgIpc) is 2.30. The van der Waals surface area contributed by atoms with Crippen LogP contribution in [0.5, 0.6) is 11.5 Å². The SMILES string of the molecule is C[C@@H](NC1CCCCC1)c1ccc(O)cc1O. The highest BCUT2D eigenvalue weighted by molar-refractivity contribution is 5.40. The molecule has 1 aliphatic carbocycles. The van der Waals surface area contributed by atoms with Gasteiger partial charge in [-0.2, -0.15) is 0 Å². The Bertz CT molecular complexity index is 372. The van der Waals surface area contributed by atoms with Gasteiger partial charge < -0.3 is 15.5 Å². The van der Waals surface area contributed by atoms with E-state index in [1.54, 1.807) is 12.1 Å². The van der Waals surface area contributed by atoms with E-state index in [2.05, 4.69) is 12.2 Å². The summed E-state index contributed by atoms with van der Waals surface area (Å²) in [6, 6.07) is 5.49. The van der Waals surface area contributed by atoms with Crippen LogP contribution in [0.2, 0.25) is 0 Å². The van der Waals surface area contributed by atoms with E-state index in [0.717, 1.165) is 5.56 Å². The minimum absolute atomic E-state index is 0.108. The van der Waals surface area contributed by atoms with Crippen molar-refractivity contribution in [2.24, 2.45) is 0 Å². The topological polar surface area (TPSA) is 52.5 Å². The van der Waals surface area contributed by atoms with Crippen molar-refractivity contribution in [2.45, 2.75) is 51.1 Å². The minimum Gasteiger partial charge on any atom is -0.508 e. The molecule has 3 nitrogen and oxygen atoms in total. The molecule has 0 aromatic heterocycles. The lowest BCUT2D eigenvalue weighted by molar-refractivity contribution is 0.342. The zero-order chi connectivity index (χ0) is 12.3. The van der Waals surface area contributed by atoms with Crippen molar-refractivity contribution in [3.05, 3.63) is 23.8 Å². The van der Waals surface area contributed by atoms with E-state index in [1.165, 1.54) is 38.2 Å². The Hall–Kier alpha value is -1.22. The number of benzene rings is 1. The summed E-state index contributed by atoms with van der Waals surface area (Å²) in [4.78, 5) is 0. The first-order valence-corrected chi connectivity index (χ1v) is 6.45. The van der Waals surface area contributed by atoms with Gasteiger partial charge in [0.15, 0.2) is 0 Å². The van der Waals surface area contributed by atoms with E-state index in [4.69, 9.17) is 0 Å². The number of nitrogens with one attached hydrogen (secondary N) is 1. The molecule has 3 heteroatoms. The fourth-order valence-corrected chi connectivity index (χ4v) is 2.61. The molecule has 0 radical (unpaired) electrons. The van der Waals surface area contributed by atoms with Crippen molar-refractivity contribution in [1.29, 1.82) is 0 Å². The normalized spacial score (nSPS) is 19.1. The number of phenolic OH excluding ortho intramolecular Hbond substituents is 2. The molecule has 3 N–H and O–H groups in total. The molecule has 0 saturated heterocycles. The zero-order valence-electron chi connectivity index (χ0n) is 10.3. The zero-order valence-corrected chi connectivity index (χ0v) is 10.3. The number of phenols is 2. The largest absolute Gasteiger partial charge is 0.508 e. The molecule has 1 aliphatic rings. The molecule has 1 atom stereocenters. The van der Waals surface area contributed by atoms with Gasteiger partial charge in [-0.1, -0.05) is 25.3 Å². The maximum atomic E-state index is 9.79. The van der Waals surface area contributed by atoms with Gasteiger partial charge in [-0.05, 0) is 25.8 Å². The lowest BCUT2D eigenvalue weighted by Crippen LogP contribution is -2.33. The summed E-state index contributed by atoms with van der Waals surface area (Å²) >= 11 is 0. The van der Waals surface area contributed by atoms with E-state index >= 15 is 0 Å². The third-order valence-electron chi connectivity index (χ3n) is 3.57. The monoisotopic (exact) mass is 235 g/mol. The predicted octanol–water partition coefficient (Wildman–Crippen LogP) is 3.08. The van der Waals surface area contributed by atoms with Crippen LogP contribution in [0.4, 0.5) is 0 Å². The van der Waals surface area contributed by atoms with Crippen LogP contribution in [0.3, 0.4) is 0 Å². The Morgan fingerprint density at radius 3 is 2.53 bits per heavy atom. The van der Waals surface area contributed by atoms with E-state index < -0.39 is 0 Å². The van der Waals surface area contributed by atoms with Gasteiger partial charge in [0.1, 0.15) is 11.5 Å². The van der Waals surface area contributed by atoms with Gasteiger partial charge in [0.25, 0.3) is 0 Å². The molecule has 0 bridgehead atoms. The van der Waals surface area contributed by atoms with Crippen molar-refractivity contribution in [1.82, 2.24) is 5.32 Å². The molecule has 1 saturated carbocycles. The van der Waals surface area contributed by atoms with Crippen LogP contribution < -0.4 is 5.32 Å². The highest BCUT2D eigenvalue weighted by Gasteiger charge is 2.18. The van der Waals surface area contributed by atoms with Gasteiger partial charge in [-0.3, -0.25) is 0 Å². The van der Waals surface area contributed by atoms with Crippen LogP contribution in [0.1, 0.15) is 50.6 Å². The first-order chi connectivity index (χ1) is 8.16. The van der Waals surface area contributed by atoms with Crippen LogP contribution in [0, 0.1) is 0 Å². The van der Waals surface area contributed by atoms with Gasteiger partial charge in [-0.15, -0.1) is 0 Å². The summed E-state index contributed by atoms with van der Waals surface area (Å²) in [7, 11) is 0. The van der Waals surface area contributed by atoms with E-state index in [-0.39, 0.29) is 17.5 Å². The summed E-state index contributed by atoms with van der Waals surface area (Å²) in [5.41, 5.74) is 0.855. The van der Waals surface area contributed by atoms with Gasteiger partial charge >= 0.3 is 0 Å². The second-order valence-electron chi connectivity index (χ2n) is 4.97. The molecular formula is C14H21NO2. The number of rotatable bonds is 3. The van der Waals surface area contributed by atoms with Crippen LogP contribution >= 0.6 is 0 Å². The Kier molecular flexibility index (Phi) is 3.89. The Labute approximate surface area is 102 Å². The van der Waals surface area contributed by atoms with Crippen LogP contribution in [-0.2, 0) is 0 Å². The fourth-order valence-electron chi connectivity index (χ4n) is 2.61. The lowest BCUT2D eigenvalue weighted by atomic mass is 9.94. The van der Waals surface area contributed by atoms with Gasteiger partial charge in [0, 0.05) is 23.7 Å². The highest BCUT2D eigenvalue weighted by Crippen LogP contribution is 2.29. The molecule has 0 amide bonds. The van der Waals surface area contributed by atoms with Crippen molar-refractivity contribution >= 4 is 0 Å². The first kappa shape index (κ1) is 12.2. The Balaban J connectivity index is 2.00. The van der Waals surface area contributed by atoms with Crippen molar-refractivity contribution in [3.8, 4) is 11.5 Å². The fraction of sp³-hybridized carbons (Fsp3) is 0.571. The van der Waals surface area contributed by atoms with Crippen molar-refractivity contribution in [2.75, 3.05) is 0 Å². The lowest BCUT2D eigenvalue weighted by Gasteiger charge is -2.27. The van der Waals surface area contributed by atoms with Crippen LogP contribution in [0.15, 0.2) is 18.2 Å². The number of aromatic hydroxyl groups is 2.